The number of hydrogen-bond acceptors (Lipinski definition) is 0. The highest BCUT2D eigenvalue weighted by Gasteiger charge is 2.41. The van der Waals surface area contributed by atoms with Crippen LogP contribution in [-0.2, 0) is 5.41 Å². The van der Waals surface area contributed by atoms with Crippen LogP contribution < -0.4 is 0 Å². The summed E-state index contributed by atoms with van der Waals surface area (Å²) in [6.07, 6.45) is 9.86. The second-order valence-electron chi connectivity index (χ2n) is 6.96. The molecule has 0 spiro atoms. The highest BCUT2D eigenvalue weighted by atomic mass is 14.4. The number of allylic oxidation sites excluding steroid dienone is 8. The highest BCUT2D eigenvalue weighted by molar-refractivity contribution is 5.60. The summed E-state index contributed by atoms with van der Waals surface area (Å²) in [5, 5.41) is 0. The summed E-state index contributed by atoms with van der Waals surface area (Å²) in [6.45, 7) is 14.8. The molecule has 0 radical (unpaired) electrons. The number of fused-ring (bicyclic) bond motifs is 3. The first kappa shape index (κ1) is 14.8. The van der Waals surface area contributed by atoms with Gasteiger partial charge in [0.25, 0.3) is 0 Å². The van der Waals surface area contributed by atoms with Gasteiger partial charge in [-0.25, -0.2) is 0 Å². The molecular weight excluding hydrogens is 264 g/mol. The Morgan fingerprint density at radius 1 is 1.18 bits per heavy atom. The Morgan fingerprint density at radius 3 is 2.64 bits per heavy atom. The van der Waals surface area contributed by atoms with E-state index in [1.807, 2.05) is 13.0 Å². The van der Waals surface area contributed by atoms with Gasteiger partial charge >= 0.3 is 0 Å². The molecule has 22 heavy (non-hydrogen) atoms. The van der Waals surface area contributed by atoms with Crippen molar-refractivity contribution < 1.29 is 0 Å². The molecule has 2 aliphatic rings. The summed E-state index contributed by atoms with van der Waals surface area (Å²) in [6, 6.07) is 8.88. The molecule has 1 unspecified atom stereocenters. The third-order valence-electron chi connectivity index (χ3n) is 4.93. The van der Waals surface area contributed by atoms with Gasteiger partial charge in [-0.05, 0) is 35.6 Å². The minimum atomic E-state index is 0.110. The van der Waals surface area contributed by atoms with E-state index in [0.717, 1.165) is 17.6 Å². The Hall–Kier alpha value is -2.08. The predicted molar refractivity (Wildman–Crippen MR) is 96.1 cm³/mol. The van der Waals surface area contributed by atoms with Crippen LogP contribution in [0.3, 0.4) is 0 Å². The molecule has 0 bridgehead atoms. The zero-order valence-corrected chi connectivity index (χ0v) is 13.8. The van der Waals surface area contributed by atoms with E-state index in [1.165, 1.54) is 22.3 Å². The maximum Gasteiger partial charge on any atom is 0.0118 e. The first-order valence-corrected chi connectivity index (χ1v) is 7.96. The van der Waals surface area contributed by atoms with Gasteiger partial charge in [-0.3, -0.25) is 0 Å². The van der Waals surface area contributed by atoms with Gasteiger partial charge in [0.2, 0.25) is 0 Å². The minimum Gasteiger partial charge on any atom is -0.0961 e. The third-order valence-corrected chi connectivity index (χ3v) is 4.93. The van der Waals surface area contributed by atoms with Gasteiger partial charge < -0.3 is 0 Å². The third kappa shape index (κ3) is 2.33. The summed E-state index contributed by atoms with van der Waals surface area (Å²) in [5.74, 6) is 0.535. The van der Waals surface area contributed by atoms with Crippen molar-refractivity contribution in [1.82, 2.24) is 0 Å². The summed E-state index contributed by atoms with van der Waals surface area (Å²) < 4.78 is 0. The van der Waals surface area contributed by atoms with Crippen LogP contribution in [0.25, 0.3) is 0 Å². The zero-order chi connectivity index (χ0) is 15.9. The molecular formula is C22H24. The van der Waals surface area contributed by atoms with Gasteiger partial charge in [-0.2, -0.15) is 0 Å². The standard InChI is InChI=1S/C22H24/c1-15(2)10-11-16(3)17-12-13-19-18-8-6-7-9-20(18)22(4,5)21(19)14-17/h6-12,14,19H,1,3,13H2,2,4-5H3/b11-10-. The van der Waals surface area contributed by atoms with Crippen molar-refractivity contribution in [1.29, 1.82) is 0 Å². The zero-order valence-electron chi connectivity index (χ0n) is 13.8. The maximum absolute atomic E-state index is 4.22. The second kappa shape index (κ2) is 5.28. The van der Waals surface area contributed by atoms with Gasteiger partial charge in [-0.15, -0.1) is 0 Å². The van der Waals surface area contributed by atoms with E-state index in [0.29, 0.717) is 5.92 Å². The molecule has 0 nitrogen and oxygen atoms in total. The quantitative estimate of drug-likeness (QED) is 0.598. The Labute approximate surface area is 134 Å². The number of hydrogen-bond donors (Lipinski definition) is 0. The lowest BCUT2D eigenvalue weighted by atomic mass is 9.77. The van der Waals surface area contributed by atoms with E-state index in [-0.39, 0.29) is 5.41 Å². The molecule has 0 aliphatic heterocycles. The molecule has 0 saturated heterocycles. The Kier molecular flexibility index (Phi) is 3.56. The fourth-order valence-corrected chi connectivity index (χ4v) is 3.70. The van der Waals surface area contributed by atoms with E-state index in [4.69, 9.17) is 0 Å². The Bertz CT molecular complexity index is 735. The van der Waals surface area contributed by atoms with Crippen molar-refractivity contribution in [3.63, 3.8) is 0 Å². The lowest BCUT2D eigenvalue weighted by Crippen LogP contribution is -2.18. The van der Waals surface area contributed by atoms with Crippen LogP contribution in [0.5, 0.6) is 0 Å². The molecule has 1 aromatic carbocycles. The fraction of sp³-hybridized carbons (Fsp3) is 0.273. The summed E-state index contributed by atoms with van der Waals surface area (Å²) in [5.41, 5.74) is 7.98. The van der Waals surface area contributed by atoms with Crippen molar-refractivity contribution >= 4 is 0 Å². The largest absolute Gasteiger partial charge is 0.0961 e. The maximum atomic E-state index is 4.22. The minimum absolute atomic E-state index is 0.110. The van der Waals surface area contributed by atoms with E-state index in [9.17, 15) is 0 Å². The summed E-state index contributed by atoms with van der Waals surface area (Å²) in [4.78, 5) is 0. The van der Waals surface area contributed by atoms with Gasteiger partial charge in [0.05, 0.1) is 0 Å². The van der Waals surface area contributed by atoms with E-state index in [1.54, 1.807) is 0 Å². The first-order valence-electron chi connectivity index (χ1n) is 7.96. The van der Waals surface area contributed by atoms with E-state index >= 15 is 0 Å². The van der Waals surface area contributed by atoms with Crippen molar-refractivity contribution in [2.75, 3.05) is 0 Å². The molecule has 1 aromatic rings. The predicted octanol–water partition coefficient (Wildman–Crippen LogP) is 6.01. The van der Waals surface area contributed by atoms with Crippen molar-refractivity contribution in [2.45, 2.75) is 38.5 Å². The van der Waals surface area contributed by atoms with Crippen LogP contribution in [0.2, 0.25) is 0 Å². The SMILES string of the molecule is C=C(C)/C=C\C(=C)C1=CCC2C(=C1)C(C)(C)c1ccccc12. The lowest BCUT2D eigenvalue weighted by Gasteiger charge is -2.27. The van der Waals surface area contributed by atoms with Crippen LogP contribution in [0.1, 0.15) is 44.2 Å². The average Bonchev–Trinajstić information content (AvgIpc) is 2.73. The van der Waals surface area contributed by atoms with Crippen molar-refractivity contribution in [2.24, 2.45) is 0 Å². The molecule has 0 saturated carbocycles. The smallest absolute Gasteiger partial charge is 0.0118 e. The molecule has 0 fully saturated rings. The average molecular weight is 288 g/mol. The van der Waals surface area contributed by atoms with Crippen LogP contribution in [0, 0.1) is 0 Å². The van der Waals surface area contributed by atoms with Gasteiger partial charge in [0.1, 0.15) is 0 Å². The molecule has 3 rings (SSSR count). The van der Waals surface area contributed by atoms with Gasteiger partial charge in [0, 0.05) is 11.3 Å². The molecule has 0 amide bonds. The summed E-state index contributed by atoms with van der Waals surface area (Å²) >= 11 is 0. The molecule has 0 heterocycles. The van der Waals surface area contributed by atoms with Crippen LogP contribution in [-0.4, -0.2) is 0 Å². The topological polar surface area (TPSA) is 0 Å². The normalized spacial score (nSPS) is 21.9. The summed E-state index contributed by atoms with van der Waals surface area (Å²) in [7, 11) is 0. The molecule has 112 valence electrons. The molecule has 0 N–H and O–H groups in total. The van der Waals surface area contributed by atoms with Crippen LogP contribution in [0.15, 0.2) is 84.0 Å². The lowest BCUT2D eigenvalue weighted by molar-refractivity contribution is 0.611. The number of rotatable bonds is 3. The fourth-order valence-electron chi connectivity index (χ4n) is 3.70. The molecule has 1 atom stereocenters. The van der Waals surface area contributed by atoms with Gasteiger partial charge in [-0.1, -0.05) is 86.7 Å². The van der Waals surface area contributed by atoms with E-state index < -0.39 is 0 Å². The van der Waals surface area contributed by atoms with Crippen molar-refractivity contribution in [3.05, 3.63) is 95.1 Å². The highest BCUT2D eigenvalue weighted by Crippen LogP contribution is 2.53. The van der Waals surface area contributed by atoms with Crippen LogP contribution >= 0.6 is 0 Å². The second-order valence-corrected chi connectivity index (χ2v) is 6.96. The molecule has 2 aliphatic carbocycles. The first-order chi connectivity index (χ1) is 10.4. The Morgan fingerprint density at radius 2 is 1.91 bits per heavy atom. The van der Waals surface area contributed by atoms with Gasteiger partial charge in [0.15, 0.2) is 0 Å². The molecule has 0 aromatic heterocycles. The number of benzene rings is 1. The monoisotopic (exact) mass is 288 g/mol. The molecule has 0 heteroatoms. The van der Waals surface area contributed by atoms with E-state index in [2.05, 4.69) is 69.5 Å². The van der Waals surface area contributed by atoms with Crippen LogP contribution in [0.4, 0.5) is 0 Å². The Balaban J connectivity index is 1.97. The van der Waals surface area contributed by atoms with Crippen molar-refractivity contribution in [3.8, 4) is 0 Å².